The molecule has 0 saturated heterocycles. The monoisotopic (exact) mass is 451 g/mol. The Morgan fingerprint density at radius 2 is 1.31 bits per heavy atom. The SMILES string of the molecule is Cc1c(O)ccc(-c2ccc(C(c3ccccc3)=c3ccc4c(c3)-c3ccccc3N=4)cc2)c1C. The molecule has 2 nitrogen and oxygen atoms in total. The molecule has 0 unspecified atom stereocenters. The van der Waals surface area contributed by atoms with Gasteiger partial charge in [-0.25, -0.2) is 4.99 Å². The Labute approximate surface area is 205 Å². The van der Waals surface area contributed by atoms with Crippen molar-refractivity contribution in [2.45, 2.75) is 13.8 Å². The predicted octanol–water partition coefficient (Wildman–Crippen LogP) is 6.86. The van der Waals surface area contributed by atoms with E-state index in [9.17, 15) is 5.11 Å². The van der Waals surface area contributed by atoms with E-state index >= 15 is 0 Å². The second kappa shape index (κ2) is 8.41. The van der Waals surface area contributed by atoms with Gasteiger partial charge in [-0.15, -0.1) is 0 Å². The molecular formula is C33H25NO. The Morgan fingerprint density at radius 3 is 2.11 bits per heavy atom. The molecule has 0 fully saturated rings. The highest BCUT2D eigenvalue weighted by molar-refractivity contribution is 5.84. The lowest BCUT2D eigenvalue weighted by atomic mass is 9.91. The molecule has 1 heterocycles. The maximum atomic E-state index is 10.1. The summed E-state index contributed by atoms with van der Waals surface area (Å²) in [7, 11) is 0. The highest BCUT2D eigenvalue weighted by Gasteiger charge is 2.14. The molecule has 1 N–H and O–H groups in total. The van der Waals surface area contributed by atoms with Gasteiger partial charge in [0.15, 0.2) is 0 Å². The van der Waals surface area contributed by atoms with Crippen LogP contribution in [0.1, 0.15) is 22.3 Å². The summed E-state index contributed by atoms with van der Waals surface area (Å²) in [5.74, 6) is 0.340. The molecule has 6 rings (SSSR count). The number of para-hydroxylation sites is 1. The van der Waals surface area contributed by atoms with Gasteiger partial charge in [0, 0.05) is 11.1 Å². The smallest absolute Gasteiger partial charge is 0.118 e. The van der Waals surface area contributed by atoms with Crippen molar-refractivity contribution in [2.75, 3.05) is 0 Å². The van der Waals surface area contributed by atoms with Gasteiger partial charge in [-0.2, -0.15) is 0 Å². The fourth-order valence-electron chi connectivity index (χ4n) is 4.97. The van der Waals surface area contributed by atoms with Crippen LogP contribution < -0.4 is 10.6 Å². The molecule has 0 saturated carbocycles. The Balaban J connectivity index is 1.53. The van der Waals surface area contributed by atoms with Crippen molar-refractivity contribution in [3.8, 4) is 28.0 Å². The Kier molecular flexibility index (Phi) is 5.08. The first kappa shape index (κ1) is 21.1. The number of rotatable bonds is 3. The van der Waals surface area contributed by atoms with Crippen LogP contribution in [0.5, 0.6) is 5.75 Å². The molecule has 0 amide bonds. The molecule has 1 aliphatic heterocycles. The first-order valence-corrected chi connectivity index (χ1v) is 11.9. The Morgan fingerprint density at radius 1 is 0.600 bits per heavy atom. The highest BCUT2D eigenvalue weighted by atomic mass is 16.3. The van der Waals surface area contributed by atoms with E-state index in [4.69, 9.17) is 4.99 Å². The standard InChI is InChI=1S/C33H25NO/c1-21-22(2)32(35)19-17-27(21)23-12-14-25(15-13-23)33(24-8-4-3-5-9-24)26-16-18-31-29(20-26)28-10-6-7-11-30(28)34-31/h3-20,35H,1-2H3. The van der Waals surface area contributed by atoms with Crippen molar-refractivity contribution >= 4 is 11.3 Å². The van der Waals surface area contributed by atoms with Crippen LogP contribution in [-0.2, 0) is 0 Å². The van der Waals surface area contributed by atoms with Crippen LogP contribution in [0, 0.1) is 13.8 Å². The summed E-state index contributed by atoms with van der Waals surface area (Å²) in [6.45, 7) is 4.02. The number of nitrogens with zero attached hydrogens (tertiary/aromatic N) is 1. The molecular weight excluding hydrogens is 426 g/mol. The third-order valence-electron chi connectivity index (χ3n) is 7.03. The van der Waals surface area contributed by atoms with E-state index in [0.29, 0.717) is 5.75 Å². The van der Waals surface area contributed by atoms with Gasteiger partial charge in [0.05, 0.1) is 11.0 Å². The normalized spacial score (nSPS) is 12.5. The van der Waals surface area contributed by atoms with E-state index in [-0.39, 0.29) is 0 Å². The molecule has 0 spiro atoms. The van der Waals surface area contributed by atoms with Crippen LogP contribution >= 0.6 is 0 Å². The summed E-state index contributed by atoms with van der Waals surface area (Å²) in [6, 6.07) is 38.0. The summed E-state index contributed by atoms with van der Waals surface area (Å²) >= 11 is 0. The van der Waals surface area contributed by atoms with Gasteiger partial charge in [0.2, 0.25) is 0 Å². The van der Waals surface area contributed by atoms with Gasteiger partial charge in [-0.3, -0.25) is 0 Å². The maximum absolute atomic E-state index is 10.1. The van der Waals surface area contributed by atoms with E-state index in [1.54, 1.807) is 6.07 Å². The van der Waals surface area contributed by atoms with Crippen LogP contribution in [0.25, 0.3) is 27.8 Å². The zero-order valence-corrected chi connectivity index (χ0v) is 19.8. The van der Waals surface area contributed by atoms with E-state index < -0.39 is 0 Å². The summed E-state index contributed by atoms with van der Waals surface area (Å²) in [6.07, 6.45) is 0. The van der Waals surface area contributed by atoms with Gasteiger partial charge in [0.1, 0.15) is 5.75 Å². The molecule has 0 aromatic heterocycles. The fourth-order valence-corrected chi connectivity index (χ4v) is 4.97. The maximum Gasteiger partial charge on any atom is 0.118 e. The van der Waals surface area contributed by atoms with Crippen molar-refractivity contribution in [3.05, 3.63) is 142 Å². The minimum atomic E-state index is 0.340. The number of aromatic hydroxyl groups is 1. The molecule has 0 atom stereocenters. The van der Waals surface area contributed by atoms with E-state index in [0.717, 1.165) is 38.9 Å². The van der Waals surface area contributed by atoms with Gasteiger partial charge >= 0.3 is 0 Å². The molecule has 1 aliphatic rings. The molecule has 0 radical (unpaired) electrons. The van der Waals surface area contributed by atoms with Crippen molar-refractivity contribution in [1.82, 2.24) is 0 Å². The average Bonchev–Trinajstić information content (AvgIpc) is 3.27. The zero-order valence-electron chi connectivity index (χ0n) is 19.8. The Hall–Kier alpha value is -4.43. The summed E-state index contributed by atoms with van der Waals surface area (Å²) in [5.41, 5.74) is 11.2. The largest absolute Gasteiger partial charge is 0.508 e. The number of phenols is 1. The summed E-state index contributed by atoms with van der Waals surface area (Å²) in [5, 5.41) is 12.3. The van der Waals surface area contributed by atoms with E-state index in [1.807, 2.05) is 19.1 Å². The Bertz CT molecular complexity index is 1700. The lowest BCUT2D eigenvalue weighted by Crippen LogP contribution is -2.13. The molecule has 0 aliphatic carbocycles. The molecule has 2 heteroatoms. The van der Waals surface area contributed by atoms with Crippen molar-refractivity contribution in [1.29, 1.82) is 0 Å². The molecule has 5 aromatic rings. The average molecular weight is 452 g/mol. The third-order valence-corrected chi connectivity index (χ3v) is 7.03. The second-order valence-electron chi connectivity index (χ2n) is 9.06. The van der Waals surface area contributed by atoms with E-state index in [1.165, 1.54) is 27.5 Å². The third kappa shape index (κ3) is 3.64. The van der Waals surface area contributed by atoms with Gasteiger partial charge in [-0.1, -0.05) is 84.9 Å². The van der Waals surface area contributed by atoms with Crippen LogP contribution in [0.2, 0.25) is 0 Å². The quantitative estimate of drug-likeness (QED) is 0.313. The number of phenolic OH excluding ortho intramolecular Hbond substituents is 1. The first-order chi connectivity index (χ1) is 17.1. The fraction of sp³-hybridized carbons (Fsp3) is 0.0606. The van der Waals surface area contributed by atoms with Crippen molar-refractivity contribution < 1.29 is 5.11 Å². The zero-order chi connectivity index (χ0) is 23.9. The molecule has 168 valence electrons. The molecule has 0 bridgehead atoms. The summed E-state index contributed by atoms with van der Waals surface area (Å²) < 4.78 is 0. The van der Waals surface area contributed by atoms with Crippen LogP contribution in [0.15, 0.2) is 114 Å². The molecule has 5 aromatic carbocycles. The first-order valence-electron chi connectivity index (χ1n) is 11.9. The van der Waals surface area contributed by atoms with Gasteiger partial charge in [-0.05, 0) is 82.3 Å². The van der Waals surface area contributed by atoms with Crippen molar-refractivity contribution in [3.63, 3.8) is 0 Å². The summed E-state index contributed by atoms with van der Waals surface area (Å²) in [4.78, 5) is 4.80. The topological polar surface area (TPSA) is 32.6 Å². The van der Waals surface area contributed by atoms with Crippen LogP contribution in [0.4, 0.5) is 5.69 Å². The lowest BCUT2D eigenvalue weighted by Gasteiger charge is -2.13. The number of benzene rings is 5. The lowest BCUT2D eigenvalue weighted by molar-refractivity contribution is 0.470. The van der Waals surface area contributed by atoms with E-state index in [2.05, 4.69) is 97.9 Å². The number of hydrogen-bond acceptors (Lipinski definition) is 2. The minimum Gasteiger partial charge on any atom is -0.508 e. The van der Waals surface area contributed by atoms with Crippen LogP contribution in [-0.4, -0.2) is 5.11 Å². The highest BCUT2D eigenvalue weighted by Crippen LogP contribution is 2.33. The molecule has 35 heavy (non-hydrogen) atoms. The van der Waals surface area contributed by atoms with Crippen molar-refractivity contribution in [2.24, 2.45) is 4.99 Å². The minimum absolute atomic E-state index is 0.340. The second-order valence-corrected chi connectivity index (χ2v) is 9.06. The predicted molar refractivity (Wildman–Crippen MR) is 143 cm³/mol. The number of hydrogen-bond donors (Lipinski definition) is 1. The number of fused-ring (bicyclic) bond motifs is 3. The van der Waals surface area contributed by atoms with Gasteiger partial charge < -0.3 is 5.11 Å². The van der Waals surface area contributed by atoms with Gasteiger partial charge in [0.25, 0.3) is 0 Å². The van der Waals surface area contributed by atoms with Crippen LogP contribution in [0.3, 0.4) is 0 Å².